The Kier molecular flexibility index (Phi) is 5.45. The zero-order valence-electron chi connectivity index (χ0n) is 26.4. The molecule has 0 unspecified atom stereocenters. The Hall–Kier alpha value is -5.41. The molecule has 1 aliphatic carbocycles. The Morgan fingerprint density at radius 2 is 1.04 bits per heavy atom. The van der Waals surface area contributed by atoms with Crippen LogP contribution in [0.2, 0.25) is 0 Å². The molecule has 0 bridgehead atoms. The van der Waals surface area contributed by atoms with Gasteiger partial charge in [0, 0.05) is 16.5 Å². The Morgan fingerprint density at radius 3 is 1.78 bits per heavy atom. The van der Waals surface area contributed by atoms with Gasteiger partial charge in [-0.1, -0.05) is 100 Å². The highest BCUT2D eigenvalue weighted by molar-refractivity contribution is 5.93. The van der Waals surface area contributed by atoms with Gasteiger partial charge in [0.2, 0.25) is 5.43 Å². The molecule has 222 valence electrons. The van der Waals surface area contributed by atoms with Gasteiger partial charge in [-0.3, -0.25) is 4.79 Å². The molecule has 2 heterocycles. The number of hydrogen-bond donors (Lipinski definition) is 0. The van der Waals surface area contributed by atoms with Crippen LogP contribution in [0.5, 0.6) is 0 Å². The van der Waals surface area contributed by atoms with Crippen molar-refractivity contribution in [2.75, 3.05) is 4.90 Å². The first-order valence-corrected chi connectivity index (χ1v) is 16.0. The molecule has 0 N–H and O–H groups in total. The molecule has 0 atom stereocenters. The molecule has 2 aliphatic rings. The Balaban J connectivity index is 1.16. The van der Waals surface area contributed by atoms with Crippen LogP contribution in [0, 0.1) is 0 Å². The molecular formula is C43H33NO2. The van der Waals surface area contributed by atoms with Gasteiger partial charge in [-0.2, -0.15) is 0 Å². The Labute approximate surface area is 268 Å². The van der Waals surface area contributed by atoms with Gasteiger partial charge in [0.15, 0.2) is 0 Å². The largest absolute Gasteiger partial charge is 0.456 e. The number of fused-ring (bicyclic) bond motifs is 7. The minimum Gasteiger partial charge on any atom is -0.456 e. The maximum atomic E-state index is 13.4. The van der Waals surface area contributed by atoms with Crippen LogP contribution in [0.15, 0.2) is 137 Å². The second-order valence-corrected chi connectivity index (χ2v) is 13.7. The Morgan fingerprint density at radius 1 is 0.500 bits per heavy atom. The normalized spacial score (nSPS) is 15.3. The van der Waals surface area contributed by atoms with Crippen molar-refractivity contribution in [2.45, 2.75) is 38.5 Å². The van der Waals surface area contributed by atoms with Gasteiger partial charge in [-0.05, 0) is 99.1 Å². The first-order valence-electron chi connectivity index (χ1n) is 16.0. The van der Waals surface area contributed by atoms with Crippen LogP contribution in [0.3, 0.4) is 0 Å². The van der Waals surface area contributed by atoms with E-state index in [0.717, 1.165) is 11.1 Å². The predicted molar refractivity (Wildman–Crippen MR) is 190 cm³/mol. The monoisotopic (exact) mass is 595 g/mol. The number of benzene rings is 6. The lowest BCUT2D eigenvalue weighted by Crippen LogP contribution is -2.30. The van der Waals surface area contributed by atoms with Crippen molar-refractivity contribution in [3.05, 3.63) is 160 Å². The van der Waals surface area contributed by atoms with Gasteiger partial charge in [-0.15, -0.1) is 0 Å². The molecule has 7 aromatic rings. The van der Waals surface area contributed by atoms with Crippen LogP contribution >= 0.6 is 0 Å². The fourth-order valence-electron chi connectivity index (χ4n) is 7.97. The lowest BCUT2D eigenvalue weighted by molar-refractivity contribution is 0.631. The summed E-state index contributed by atoms with van der Waals surface area (Å²) >= 11 is 0. The van der Waals surface area contributed by atoms with Crippen LogP contribution in [0.25, 0.3) is 44.2 Å². The molecule has 46 heavy (non-hydrogen) atoms. The smallest absolute Gasteiger partial charge is 0.200 e. The molecule has 3 nitrogen and oxygen atoms in total. The summed E-state index contributed by atoms with van der Waals surface area (Å²) in [5, 5.41) is 1.21. The van der Waals surface area contributed by atoms with E-state index >= 15 is 0 Å². The number of para-hydroxylation sites is 3. The number of hydrogen-bond acceptors (Lipinski definition) is 3. The van der Waals surface area contributed by atoms with E-state index in [9.17, 15) is 4.79 Å². The average molecular weight is 596 g/mol. The second-order valence-electron chi connectivity index (χ2n) is 13.7. The van der Waals surface area contributed by atoms with Crippen molar-refractivity contribution in [1.82, 2.24) is 0 Å². The van der Waals surface area contributed by atoms with E-state index in [0.29, 0.717) is 21.9 Å². The van der Waals surface area contributed by atoms with Gasteiger partial charge in [-0.25, -0.2) is 0 Å². The van der Waals surface area contributed by atoms with Gasteiger partial charge in [0.25, 0.3) is 0 Å². The minimum absolute atomic E-state index is 0.00405. The van der Waals surface area contributed by atoms with Gasteiger partial charge >= 0.3 is 0 Å². The summed E-state index contributed by atoms with van der Waals surface area (Å²) in [5.74, 6) is 0. The van der Waals surface area contributed by atoms with Crippen LogP contribution in [-0.2, 0) is 10.8 Å². The molecule has 0 saturated carbocycles. The predicted octanol–water partition coefficient (Wildman–Crippen LogP) is 11.0. The summed E-state index contributed by atoms with van der Waals surface area (Å²) in [6.07, 6.45) is 0. The first-order chi connectivity index (χ1) is 22.2. The SMILES string of the molecule is CC1(C)c2cc(-c3ccc4oc5ccccc5c(=O)c4c3)ccc2-c2ccc(N3c4ccccc4C(C)(C)c4ccccc43)cc21. The van der Waals surface area contributed by atoms with Crippen molar-refractivity contribution < 1.29 is 4.42 Å². The molecule has 0 saturated heterocycles. The lowest BCUT2D eigenvalue weighted by atomic mass is 9.73. The zero-order chi connectivity index (χ0) is 31.4. The van der Waals surface area contributed by atoms with E-state index in [1.807, 2.05) is 36.4 Å². The van der Waals surface area contributed by atoms with Crippen molar-refractivity contribution in [3.63, 3.8) is 0 Å². The molecule has 9 rings (SSSR count). The summed E-state index contributed by atoms with van der Waals surface area (Å²) in [4.78, 5) is 15.8. The minimum atomic E-state index is -0.211. The van der Waals surface area contributed by atoms with Gasteiger partial charge in [0.05, 0.1) is 22.1 Å². The van der Waals surface area contributed by atoms with Crippen molar-refractivity contribution in [2.24, 2.45) is 0 Å². The summed E-state index contributed by atoms with van der Waals surface area (Å²) in [6, 6.07) is 44.8. The summed E-state index contributed by atoms with van der Waals surface area (Å²) < 4.78 is 6.08. The maximum absolute atomic E-state index is 13.4. The van der Waals surface area contributed by atoms with Gasteiger partial charge < -0.3 is 9.32 Å². The highest BCUT2D eigenvalue weighted by Gasteiger charge is 2.39. The fraction of sp³-hybridized carbons (Fsp3) is 0.140. The molecule has 1 aliphatic heterocycles. The second kappa shape index (κ2) is 9.31. The average Bonchev–Trinajstić information content (AvgIpc) is 3.30. The number of rotatable bonds is 2. The molecule has 6 aromatic carbocycles. The van der Waals surface area contributed by atoms with Crippen LogP contribution in [-0.4, -0.2) is 0 Å². The Bertz CT molecular complexity index is 2410. The highest BCUT2D eigenvalue weighted by atomic mass is 16.3. The molecule has 3 heteroatoms. The first kappa shape index (κ1) is 26.9. The quantitative estimate of drug-likeness (QED) is 0.186. The van der Waals surface area contributed by atoms with Crippen LogP contribution in [0.4, 0.5) is 17.1 Å². The number of anilines is 3. The van der Waals surface area contributed by atoms with E-state index in [4.69, 9.17) is 4.42 Å². The maximum Gasteiger partial charge on any atom is 0.200 e. The molecular weight excluding hydrogens is 562 g/mol. The topological polar surface area (TPSA) is 33.5 Å². The van der Waals surface area contributed by atoms with E-state index in [1.54, 1.807) is 0 Å². The van der Waals surface area contributed by atoms with E-state index in [-0.39, 0.29) is 16.3 Å². The summed E-state index contributed by atoms with van der Waals surface area (Å²) in [6.45, 7) is 9.31. The van der Waals surface area contributed by atoms with Crippen LogP contribution in [0.1, 0.15) is 49.9 Å². The molecule has 0 amide bonds. The van der Waals surface area contributed by atoms with E-state index < -0.39 is 0 Å². The summed E-state index contributed by atoms with van der Waals surface area (Å²) in [5.41, 5.74) is 14.5. The van der Waals surface area contributed by atoms with E-state index in [2.05, 4.69) is 124 Å². The van der Waals surface area contributed by atoms with Crippen molar-refractivity contribution in [1.29, 1.82) is 0 Å². The summed E-state index contributed by atoms with van der Waals surface area (Å²) in [7, 11) is 0. The fourth-order valence-corrected chi connectivity index (χ4v) is 7.97. The molecule has 0 radical (unpaired) electrons. The van der Waals surface area contributed by atoms with Crippen LogP contribution < -0.4 is 10.3 Å². The van der Waals surface area contributed by atoms with Crippen molar-refractivity contribution in [3.8, 4) is 22.3 Å². The van der Waals surface area contributed by atoms with Crippen molar-refractivity contribution >= 4 is 39.0 Å². The third-order valence-electron chi connectivity index (χ3n) is 10.5. The highest BCUT2D eigenvalue weighted by Crippen LogP contribution is 2.55. The third-order valence-corrected chi connectivity index (χ3v) is 10.5. The standard InChI is InChI=1S/C43H33NO2/c1-42(2)33-12-6-8-14-37(33)44(38-15-9-7-13-34(38)42)28-19-21-30-29-20-17-27(24-35(29)43(3,4)36(30)25-28)26-18-22-40-32(23-26)41(45)31-11-5-10-16-39(31)46-40/h5-25H,1-4H3. The third kappa shape index (κ3) is 3.63. The molecule has 1 aromatic heterocycles. The lowest BCUT2D eigenvalue weighted by Gasteiger charge is -2.42. The zero-order valence-corrected chi connectivity index (χ0v) is 26.4. The van der Waals surface area contributed by atoms with Gasteiger partial charge in [0.1, 0.15) is 11.2 Å². The molecule has 0 fully saturated rings. The van der Waals surface area contributed by atoms with E-state index in [1.165, 1.54) is 50.4 Å². The molecule has 0 spiro atoms. The number of nitrogens with zero attached hydrogens (tertiary/aromatic N) is 1.